The van der Waals surface area contributed by atoms with E-state index in [0.717, 1.165) is 18.1 Å². The molecule has 1 aliphatic carbocycles. The number of amides is 1. The van der Waals surface area contributed by atoms with Crippen molar-refractivity contribution in [3.8, 4) is 0 Å². The minimum Gasteiger partial charge on any atom is -0.273 e. The topological polar surface area (TPSA) is 41.5 Å². The Morgan fingerprint density at radius 2 is 2.08 bits per heavy atom. The van der Waals surface area contributed by atoms with Gasteiger partial charge in [-0.25, -0.2) is 5.43 Å². The van der Waals surface area contributed by atoms with Crippen LogP contribution in [0.5, 0.6) is 0 Å². The molecule has 1 aliphatic heterocycles. The van der Waals surface area contributed by atoms with Crippen molar-refractivity contribution in [1.82, 2.24) is 5.43 Å². The fraction of sp³-hybridized carbons (Fsp3) is 0.800. The summed E-state index contributed by atoms with van der Waals surface area (Å²) in [5.41, 5.74) is 3.57. The maximum Gasteiger partial charge on any atom is 0.245 e. The first-order valence-electron chi connectivity index (χ1n) is 5.19. The third kappa shape index (κ3) is 2.29. The van der Waals surface area contributed by atoms with Crippen LogP contribution in [0.25, 0.3) is 0 Å². The van der Waals surface area contributed by atoms with Gasteiger partial charge in [0.2, 0.25) is 5.91 Å². The molecule has 3 nitrogen and oxygen atoms in total. The summed E-state index contributed by atoms with van der Waals surface area (Å²) >= 11 is 0. The largest absolute Gasteiger partial charge is 0.273 e. The van der Waals surface area contributed by atoms with Crippen LogP contribution in [0.2, 0.25) is 0 Å². The van der Waals surface area contributed by atoms with E-state index in [-0.39, 0.29) is 5.91 Å². The zero-order valence-corrected chi connectivity index (χ0v) is 7.88. The van der Waals surface area contributed by atoms with Gasteiger partial charge in [-0.2, -0.15) is 5.10 Å². The number of nitrogens with zero attached hydrogens (tertiary/aromatic N) is 1. The molecule has 1 saturated carbocycles. The number of carbonyl (C=O) groups is 1. The smallest absolute Gasteiger partial charge is 0.245 e. The summed E-state index contributed by atoms with van der Waals surface area (Å²) in [5.74, 6) is 0.853. The van der Waals surface area contributed by atoms with Gasteiger partial charge in [-0.15, -0.1) is 0 Å². The van der Waals surface area contributed by atoms with Crippen molar-refractivity contribution in [3.05, 3.63) is 0 Å². The molecule has 2 rings (SSSR count). The maximum absolute atomic E-state index is 10.9. The predicted octanol–water partition coefficient (Wildman–Crippen LogP) is 1.83. The molecule has 0 aromatic rings. The highest BCUT2D eigenvalue weighted by atomic mass is 16.2. The SMILES string of the molecule is O=C1CC(CC2CCCCC2)=NN1. The molecule has 1 N–H and O–H groups in total. The van der Waals surface area contributed by atoms with Crippen LogP contribution in [0, 0.1) is 5.92 Å². The molecule has 0 atom stereocenters. The zero-order chi connectivity index (χ0) is 9.10. The molecule has 1 amide bonds. The Bertz CT molecular complexity index is 229. The Kier molecular flexibility index (Phi) is 2.62. The lowest BCUT2D eigenvalue weighted by Gasteiger charge is -2.20. The van der Waals surface area contributed by atoms with Crippen LogP contribution in [0.3, 0.4) is 0 Å². The van der Waals surface area contributed by atoms with Gasteiger partial charge < -0.3 is 0 Å². The average Bonchev–Trinajstić information content (AvgIpc) is 2.53. The van der Waals surface area contributed by atoms with Crippen LogP contribution in [0.15, 0.2) is 5.10 Å². The average molecular weight is 180 g/mol. The lowest BCUT2D eigenvalue weighted by atomic mass is 9.85. The molecule has 13 heavy (non-hydrogen) atoms. The Morgan fingerprint density at radius 1 is 1.31 bits per heavy atom. The molecule has 1 fully saturated rings. The van der Waals surface area contributed by atoms with E-state index in [2.05, 4.69) is 10.5 Å². The Morgan fingerprint density at radius 3 is 2.69 bits per heavy atom. The molecule has 72 valence electrons. The highest BCUT2D eigenvalue weighted by Crippen LogP contribution is 2.27. The molecule has 0 unspecified atom stereocenters. The first-order chi connectivity index (χ1) is 6.34. The van der Waals surface area contributed by atoms with Crippen LogP contribution < -0.4 is 5.43 Å². The van der Waals surface area contributed by atoms with Gasteiger partial charge in [0.05, 0.1) is 6.42 Å². The van der Waals surface area contributed by atoms with Crippen molar-refractivity contribution < 1.29 is 4.79 Å². The van der Waals surface area contributed by atoms with Crippen molar-refractivity contribution >= 4 is 11.6 Å². The van der Waals surface area contributed by atoms with Gasteiger partial charge in [-0.05, 0) is 12.3 Å². The molecule has 0 aromatic carbocycles. The Labute approximate surface area is 78.6 Å². The number of carbonyl (C=O) groups excluding carboxylic acids is 1. The van der Waals surface area contributed by atoms with E-state index in [9.17, 15) is 4.79 Å². The summed E-state index contributed by atoms with van der Waals surface area (Å²) in [6, 6.07) is 0. The summed E-state index contributed by atoms with van der Waals surface area (Å²) in [6.07, 6.45) is 8.34. The van der Waals surface area contributed by atoms with Crippen LogP contribution in [0.1, 0.15) is 44.9 Å². The van der Waals surface area contributed by atoms with Crippen molar-refractivity contribution in [1.29, 1.82) is 0 Å². The highest BCUT2D eigenvalue weighted by Gasteiger charge is 2.20. The van der Waals surface area contributed by atoms with Gasteiger partial charge in [0, 0.05) is 5.71 Å². The van der Waals surface area contributed by atoms with E-state index < -0.39 is 0 Å². The molecule has 0 radical (unpaired) electrons. The Balaban J connectivity index is 1.80. The second-order valence-corrected chi connectivity index (χ2v) is 4.10. The molecule has 2 aliphatic rings. The number of rotatable bonds is 2. The lowest BCUT2D eigenvalue weighted by molar-refractivity contribution is -0.119. The van der Waals surface area contributed by atoms with Crippen LogP contribution in [0.4, 0.5) is 0 Å². The minimum atomic E-state index is 0.0609. The van der Waals surface area contributed by atoms with Gasteiger partial charge >= 0.3 is 0 Å². The summed E-state index contributed by atoms with van der Waals surface area (Å²) in [7, 11) is 0. The normalized spacial score (nSPS) is 24.3. The minimum absolute atomic E-state index is 0.0609. The number of nitrogens with one attached hydrogen (secondary N) is 1. The lowest BCUT2D eigenvalue weighted by Crippen LogP contribution is -2.12. The molecular formula is C10H16N2O. The van der Waals surface area contributed by atoms with Crippen LogP contribution in [-0.2, 0) is 4.79 Å². The monoisotopic (exact) mass is 180 g/mol. The zero-order valence-electron chi connectivity index (χ0n) is 7.88. The van der Waals surface area contributed by atoms with E-state index in [1.165, 1.54) is 32.1 Å². The fourth-order valence-corrected chi connectivity index (χ4v) is 2.25. The second-order valence-electron chi connectivity index (χ2n) is 4.10. The molecule has 0 aromatic heterocycles. The third-order valence-electron chi connectivity index (χ3n) is 2.95. The third-order valence-corrected chi connectivity index (χ3v) is 2.95. The molecule has 1 heterocycles. The van der Waals surface area contributed by atoms with E-state index >= 15 is 0 Å². The van der Waals surface area contributed by atoms with Crippen molar-refractivity contribution in [2.24, 2.45) is 11.0 Å². The Hall–Kier alpha value is -0.860. The van der Waals surface area contributed by atoms with Crippen molar-refractivity contribution in [2.45, 2.75) is 44.9 Å². The number of hydrazone groups is 1. The predicted molar refractivity (Wildman–Crippen MR) is 51.4 cm³/mol. The quantitative estimate of drug-likeness (QED) is 0.692. The van der Waals surface area contributed by atoms with E-state index in [0.29, 0.717) is 6.42 Å². The summed E-state index contributed by atoms with van der Waals surface area (Å²) in [6.45, 7) is 0. The first kappa shape index (κ1) is 8.73. The highest BCUT2D eigenvalue weighted by molar-refractivity contribution is 6.04. The first-order valence-corrected chi connectivity index (χ1v) is 5.19. The summed E-state index contributed by atoms with van der Waals surface area (Å²) < 4.78 is 0. The number of hydrogen-bond acceptors (Lipinski definition) is 2. The van der Waals surface area contributed by atoms with Gasteiger partial charge in [0.15, 0.2) is 0 Å². The van der Waals surface area contributed by atoms with E-state index in [1.807, 2.05) is 0 Å². The van der Waals surface area contributed by atoms with Gasteiger partial charge in [-0.3, -0.25) is 4.79 Å². The molecular weight excluding hydrogens is 164 g/mol. The maximum atomic E-state index is 10.9. The van der Waals surface area contributed by atoms with Gasteiger partial charge in [0.1, 0.15) is 0 Å². The van der Waals surface area contributed by atoms with Gasteiger partial charge in [0.25, 0.3) is 0 Å². The van der Waals surface area contributed by atoms with Crippen molar-refractivity contribution in [2.75, 3.05) is 0 Å². The molecule has 3 heteroatoms. The molecule has 0 saturated heterocycles. The fourth-order valence-electron chi connectivity index (χ4n) is 2.25. The van der Waals surface area contributed by atoms with Crippen molar-refractivity contribution in [3.63, 3.8) is 0 Å². The second kappa shape index (κ2) is 3.90. The summed E-state index contributed by atoms with van der Waals surface area (Å²) in [5, 5.41) is 4.03. The van der Waals surface area contributed by atoms with E-state index in [4.69, 9.17) is 0 Å². The molecule has 0 spiro atoms. The summed E-state index contributed by atoms with van der Waals surface area (Å²) in [4.78, 5) is 10.9. The van der Waals surface area contributed by atoms with E-state index in [1.54, 1.807) is 0 Å². The molecule has 0 bridgehead atoms. The van der Waals surface area contributed by atoms with Gasteiger partial charge in [-0.1, -0.05) is 32.1 Å². The standard InChI is InChI=1S/C10H16N2O/c13-10-7-9(11-12-10)6-8-4-2-1-3-5-8/h8H,1-7H2,(H,12,13). The van der Waals surface area contributed by atoms with Crippen LogP contribution in [-0.4, -0.2) is 11.6 Å². The number of hydrogen-bond donors (Lipinski definition) is 1. The van der Waals surface area contributed by atoms with Crippen LogP contribution >= 0.6 is 0 Å².